The van der Waals surface area contributed by atoms with E-state index < -0.39 is 27.4 Å². The molecule has 1 atom stereocenters. The van der Waals surface area contributed by atoms with Gasteiger partial charge in [-0.15, -0.1) is 0 Å². The summed E-state index contributed by atoms with van der Waals surface area (Å²) in [4.78, 5) is 23.0. The third-order valence-corrected chi connectivity index (χ3v) is 5.86. The van der Waals surface area contributed by atoms with E-state index in [2.05, 4.69) is 5.32 Å². The molecule has 0 aromatic heterocycles. The highest BCUT2D eigenvalue weighted by Crippen LogP contribution is 2.29. The molecule has 0 saturated carbocycles. The SMILES string of the molecule is CS(=O)(=O)N(CC(=O)N[C@@H]1CCCc2ccccc21)c1cccc([N+](=O)[O-])c1. The Morgan fingerprint density at radius 2 is 2.00 bits per heavy atom. The first kappa shape index (κ1) is 19.8. The van der Waals surface area contributed by atoms with Gasteiger partial charge in [-0.25, -0.2) is 8.42 Å². The second kappa shape index (κ2) is 7.97. The van der Waals surface area contributed by atoms with Crippen LogP contribution in [0.2, 0.25) is 0 Å². The van der Waals surface area contributed by atoms with Crippen molar-refractivity contribution in [3.05, 3.63) is 69.8 Å². The van der Waals surface area contributed by atoms with Crippen LogP contribution in [-0.2, 0) is 21.2 Å². The molecule has 0 spiro atoms. The average Bonchev–Trinajstić information content (AvgIpc) is 2.65. The number of aryl methyl sites for hydroxylation is 1. The van der Waals surface area contributed by atoms with Gasteiger partial charge in [0.15, 0.2) is 0 Å². The van der Waals surface area contributed by atoms with Crippen LogP contribution < -0.4 is 9.62 Å². The van der Waals surface area contributed by atoms with Crippen molar-refractivity contribution >= 4 is 27.3 Å². The van der Waals surface area contributed by atoms with Gasteiger partial charge in [0.1, 0.15) is 6.54 Å². The maximum Gasteiger partial charge on any atom is 0.271 e. The van der Waals surface area contributed by atoms with Crippen molar-refractivity contribution in [1.29, 1.82) is 0 Å². The largest absolute Gasteiger partial charge is 0.348 e. The summed E-state index contributed by atoms with van der Waals surface area (Å²) < 4.78 is 25.3. The van der Waals surface area contributed by atoms with Crippen LogP contribution in [0.4, 0.5) is 11.4 Å². The molecule has 0 radical (unpaired) electrons. The molecule has 0 bridgehead atoms. The number of rotatable bonds is 6. The number of sulfonamides is 1. The Hall–Kier alpha value is -2.94. The highest BCUT2D eigenvalue weighted by molar-refractivity contribution is 7.92. The molecule has 28 heavy (non-hydrogen) atoms. The summed E-state index contributed by atoms with van der Waals surface area (Å²) in [6, 6.07) is 12.9. The number of carbonyl (C=O) groups excluding carboxylic acids is 1. The fraction of sp³-hybridized carbons (Fsp3) is 0.316. The number of amides is 1. The van der Waals surface area contributed by atoms with Gasteiger partial charge in [-0.05, 0) is 36.5 Å². The van der Waals surface area contributed by atoms with Crippen molar-refractivity contribution in [1.82, 2.24) is 5.32 Å². The van der Waals surface area contributed by atoms with Crippen molar-refractivity contribution in [2.24, 2.45) is 0 Å². The Morgan fingerprint density at radius 3 is 2.71 bits per heavy atom. The zero-order chi connectivity index (χ0) is 20.3. The van der Waals surface area contributed by atoms with E-state index in [9.17, 15) is 23.3 Å². The van der Waals surface area contributed by atoms with Crippen LogP contribution in [0.15, 0.2) is 48.5 Å². The predicted octanol–water partition coefficient (Wildman–Crippen LogP) is 2.55. The van der Waals surface area contributed by atoms with Crippen LogP contribution in [0.3, 0.4) is 0 Å². The first-order chi connectivity index (χ1) is 13.3. The lowest BCUT2D eigenvalue weighted by Gasteiger charge is -2.28. The second-order valence-electron chi connectivity index (χ2n) is 6.76. The fourth-order valence-electron chi connectivity index (χ4n) is 3.44. The molecular formula is C19H21N3O5S. The molecule has 9 heteroatoms. The molecule has 0 fully saturated rings. The molecule has 1 amide bonds. The predicted molar refractivity (Wildman–Crippen MR) is 106 cm³/mol. The van der Waals surface area contributed by atoms with Gasteiger partial charge < -0.3 is 5.32 Å². The summed E-state index contributed by atoms with van der Waals surface area (Å²) in [5.74, 6) is -0.460. The topological polar surface area (TPSA) is 110 Å². The van der Waals surface area contributed by atoms with Gasteiger partial charge in [-0.1, -0.05) is 30.3 Å². The summed E-state index contributed by atoms with van der Waals surface area (Å²) in [7, 11) is -3.81. The van der Waals surface area contributed by atoms with Crippen molar-refractivity contribution in [2.75, 3.05) is 17.1 Å². The number of benzene rings is 2. The second-order valence-corrected chi connectivity index (χ2v) is 8.66. The minimum atomic E-state index is -3.81. The number of anilines is 1. The fourth-order valence-corrected chi connectivity index (χ4v) is 4.28. The quantitative estimate of drug-likeness (QED) is 0.589. The van der Waals surface area contributed by atoms with Crippen molar-refractivity contribution in [2.45, 2.75) is 25.3 Å². The van der Waals surface area contributed by atoms with Crippen LogP contribution >= 0.6 is 0 Å². The molecular weight excluding hydrogens is 382 g/mol. The molecule has 0 unspecified atom stereocenters. The smallest absolute Gasteiger partial charge is 0.271 e. The standard InChI is InChI=1S/C19H21N3O5S/c1-28(26,27)21(15-8-5-9-16(12-15)22(24)25)13-19(23)20-18-11-4-7-14-6-2-3-10-17(14)18/h2-3,5-6,8-10,12,18H,4,7,11,13H2,1H3,(H,20,23)/t18-/m1/s1. The van der Waals surface area contributed by atoms with Gasteiger partial charge in [-0.3, -0.25) is 19.2 Å². The van der Waals surface area contributed by atoms with E-state index in [1.165, 1.54) is 23.8 Å². The monoisotopic (exact) mass is 403 g/mol. The lowest BCUT2D eigenvalue weighted by atomic mass is 9.88. The number of fused-ring (bicyclic) bond motifs is 1. The molecule has 0 saturated heterocycles. The van der Waals surface area contributed by atoms with E-state index in [0.29, 0.717) is 0 Å². The van der Waals surface area contributed by atoms with Crippen molar-refractivity contribution < 1.29 is 18.1 Å². The third kappa shape index (κ3) is 4.48. The van der Waals surface area contributed by atoms with Crippen LogP contribution in [-0.4, -0.2) is 32.0 Å². The van der Waals surface area contributed by atoms with E-state index in [1.54, 1.807) is 0 Å². The van der Waals surface area contributed by atoms with Gasteiger partial charge in [0.05, 0.1) is 22.9 Å². The average molecular weight is 403 g/mol. The molecule has 8 nitrogen and oxygen atoms in total. The molecule has 2 aromatic carbocycles. The summed E-state index contributed by atoms with van der Waals surface area (Å²) in [5, 5.41) is 13.9. The number of hydrogen-bond acceptors (Lipinski definition) is 5. The molecule has 148 valence electrons. The summed E-state index contributed by atoms with van der Waals surface area (Å²) in [6.07, 6.45) is 3.63. The van der Waals surface area contributed by atoms with Crippen LogP contribution in [0.5, 0.6) is 0 Å². The Morgan fingerprint density at radius 1 is 1.25 bits per heavy atom. The normalized spacial score (nSPS) is 16.1. The van der Waals surface area contributed by atoms with Crippen molar-refractivity contribution in [3.8, 4) is 0 Å². The van der Waals surface area contributed by atoms with E-state index in [0.717, 1.165) is 41.5 Å². The molecule has 1 aliphatic rings. The van der Waals surface area contributed by atoms with Gasteiger partial charge in [-0.2, -0.15) is 0 Å². The number of non-ortho nitro benzene ring substituents is 1. The maximum atomic E-state index is 12.6. The maximum absolute atomic E-state index is 12.6. The van der Waals surface area contributed by atoms with Gasteiger partial charge >= 0.3 is 0 Å². The lowest BCUT2D eigenvalue weighted by molar-refractivity contribution is -0.384. The van der Waals surface area contributed by atoms with Gasteiger partial charge in [0.25, 0.3) is 5.69 Å². The first-order valence-electron chi connectivity index (χ1n) is 8.85. The first-order valence-corrected chi connectivity index (χ1v) is 10.7. The van der Waals surface area contributed by atoms with Crippen LogP contribution in [0, 0.1) is 10.1 Å². The number of nitro groups is 1. The summed E-state index contributed by atoms with van der Waals surface area (Å²) in [6.45, 7) is -0.446. The lowest BCUT2D eigenvalue weighted by Crippen LogP contribution is -2.42. The molecule has 0 heterocycles. The Bertz CT molecular complexity index is 1010. The molecule has 1 N–H and O–H groups in total. The van der Waals surface area contributed by atoms with Crippen molar-refractivity contribution in [3.63, 3.8) is 0 Å². The minimum Gasteiger partial charge on any atom is -0.348 e. The van der Waals surface area contributed by atoms with Crippen LogP contribution in [0.25, 0.3) is 0 Å². The minimum absolute atomic E-state index is 0.0795. The van der Waals surface area contributed by atoms with Gasteiger partial charge in [0.2, 0.25) is 15.9 Å². The highest BCUT2D eigenvalue weighted by atomic mass is 32.2. The van der Waals surface area contributed by atoms with Crippen LogP contribution in [0.1, 0.15) is 30.0 Å². The highest BCUT2D eigenvalue weighted by Gasteiger charge is 2.26. The number of nitrogens with zero attached hydrogens (tertiary/aromatic N) is 2. The Balaban J connectivity index is 1.80. The zero-order valence-electron chi connectivity index (χ0n) is 15.4. The van der Waals surface area contributed by atoms with E-state index >= 15 is 0 Å². The van der Waals surface area contributed by atoms with E-state index in [4.69, 9.17) is 0 Å². The Kier molecular flexibility index (Phi) is 5.64. The number of nitro benzene ring substituents is 1. The van der Waals surface area contributed by atoms with E-state index in [1.807, 2.05) is 24.3 Å². The Labute approximate surface area is 163 Å². The third-order valence-electron chi connectivity index (χ3n) is 4.72. The number of hydrogen-bond donors (Lipinski definition) is 1. The molecule has 2 aromatic rings. The summed E-state index contributed by atoms with van der Waals surface area (Å²) >= 11 is 0. The summed E-state index contributed by atoms with van der Waals surface area (Å²) in [5.41, 5.74) is 2.06. The number of nitrogens with one attached hydrogen (secondary N) is 1. The zero-order valence-corrected chi connectivity index (χ0v) is 16.2. The molecule has 0 aliphatic heterocycles. The van der Waals surface area contributed by atoms with E-state index in [-0.39, 0.29) is 17.4 Å². The number of carbonyl (C=O) groups is 1. The molecule has 3 rings (SSSR count). The molecule has 1 aliphatic carbocycles. The van der Waals surface area contributed by atoms with Gasteiger partial charge in [0, 0.05) is 12.1 Å².